The Morgan fingerprint density at radius 2 is 1.68 bits per heavy atom. The van der Waals surface area contributed by atoms with Gasteiger partial charge in [-0.1, -0.05) is 19.3 Å². The van der Waals surface area contributed by atoms with E-state index in [1.807, 2.05) is 4.90 Å². The fourth-order valence-electron chi connectivity index (χ4n) is 5.22. The van der Waals surface area contributed by atoms with Crippen LogP contribution in [-0.2, 0) is 11.0 Å². The number of aromatic amines is 1. The Kier molecular flexibility index (Phi) is 5.52. The molecule has 7 heteroatoms. The van der Waals surface area contributed by atoms with Crippen molar-refractivity contribution in [2.24, 2.45) is 17.8 Å². The summed E-state index contributed by atoms with van der Waals surface area (Å²) in [6, 6.07) is 2.59. The van der Waals surface area contributed by atoms with Crippen LogP contribution < -0.4 is 9.88 Å². The largest absolute Gasteiger partial charge is 0.419 e. The van der Waals surface area contributed by atoms with Crippen LogP contribution in [0.1, 0.15) is 50.5 Å². The number of carbonyl (C=O) groups is 1. The second-order valence-electron chi connectivity index (χ2n) is 8.60. The van der Waals surface area contributed by atoms with Crippen molar-refractivity contribution in [3.8, 4) is 0 Å². The maximum atomic E-state index is 13.0. The average molecular weight is 396 g/mol. The molecule has 0 aromatic carbocycles. The number of hydrogen-bond donors (Lipinski definition) is 0. The number of aromatic nitrogens is 1. The zero-order valence-corrected chi connectivity index (χ0v) is 16.2. The fourth-order valence-corrected chi connectivity index (χ4v) is 5.22. The molecular weight excluding hydrogens is 367 g/mol. The number of H-pyrrole nitrogens is 1. The first-order chi connectivity index (χ1) is 13.4. The van der Waals surface area contributed by atoms with Crippen molar-refractivity contribution in [3.05, 3.63) is 23.9 Å². The summed E-state index contributed by atoms with van der Waals surface area (Å²) in [5, 5.41) is 0. The molecule has 1 N–H and O–H groups in total. The van der Waals surface area contributed by atoms with Crippen LogP contribution in [0.4, 0.5) is 19.0 Å². The van der Waals surface area contributed by atoms with Gasteiger partial charge in [-0.2, -0.15) is 13.2 Å². The number of alkyl halides is 3. The summed E-state index contributed by atoms with van der Waals surface area (Å²) in [5.41, 5.74) is -0.674. The van der Waals surface area contributed by atoms with E-state index in [1.165, 1.54) is 31.7 Å². The maximum Gasteiger partial charge on any atom is 0.419 e. The summed E-state index contributed by atoms with van der Waals surface area (Å²) in [5.74, 6) is 2.52. The minimum Gasteiger partial charge on any atom is -0.342 e. The molecule has 1 aromatic heterocycles. The number of pyridine rings is 1. The highest BCUT2D eigenvalue weighted by Gasteiger charge is 2.37. The lowest BCUT2D eigenvalue weighted by Crippen LogP contribution is -2.49. The Labute approximate surface area is 164 Å². The number of fused-ring (bicyclic) bond motifs is 1. The smallest absolute Gasteiger partial charge is 0.342 e. The van der Waals surface area contributed by atoms with Crippen LogP contribution in [-0.4, -0.2) is 37.0 Å². The lowest BCUT2D eigenvalue weighted by Gasteiger charge is -2.42. The fraction of sp³-hybridized carbons (Fsp3) is 0.714. The molecule has 0 bridgehead atoms. The molecule has 4 nitrogen and oxygen atoms in total. The first-order valence-corrected chi connectivity index (χ1v) is 10.5. The van der Waals surface area contributed by atoms with Crippen molar-refractivity contribution in [2.45, 2.75) is 51.1 Å². The van der Waals surface area contributed by atoms with Gasteiger partial charge >= 0.3 is 6.18 Å². The number of amides is 1. The number of hydrogen-bond acceptors (Lipinski definition) is 2. The average Bonchev–Trinajstić information content (AvgIpc) is 2.72. The number of nitrogens with zero attached hydrogens (tertiary/aromatic N) is 2. The first kappa shape index (κ1) is 19.5. The van der Waals surface area contributed by atoms with Crippen LogP contribution in [0.3, 0.4) is 0 Å². The van der Waals surface area contributed by atoms with Crippen LogP contribution >= 0.6 is 0 Å². The van der Waals surface area contributed by atoms with E-state index in [4.69, 9.17) is 0 Å². The van der Waals surface area contributed by atoms with Gasteiger partial charge in [0.15, 0.2) is 0 Å². The van der Waals surface area contributed by atoms with Gasteiger partial charge in [-0.05, 0) is 43.6 Å². The quantitative estimate of drug-likeness (QED) is 0.763. The van der Waals surface area contributed by atoms with E-state index >= 15 is 0 Å². The van der Waals surface area contributed by atoms with E-state index in [0.717, 1.165) is 50.5 Å². The summed E-state index contributed by atoms with van der Waals surface area (Å²) >= 11 is 0. The van der Waals surface area contributed by atoms with Crippen molar-refractivity contribution in [3.63, 3.8) is 0 Å². The van der Waals surface area contributed by atoms with Crippen molar-refractivity contribution in [2.75, 3.05) is 31.1 Å². The molecule has 0 unspecified atom stereocenters. The molecule has 1 aliphatic carbocycles. The number of halogens is 3. The molecule has 28 heavy (non-hydrogen) atoms. The second-order valence-corrected chi connectivity index (χ2v) is 8.60. The highest BCUT2D eigenvalue weighted by atomic mass is 19.4. The van der Waals surface area contributed by atoms with E-state index in [0.29, 0.717) is 30.7 Å². The number of likely N-dealkylation sites (tertiary alicyclic amines) is 1. The highest BCUT2D eigenvalue weighted by Crippen LogP contribution is 2.37. The Bertz CT molecular complexity index is 683. The van der Waals surface area contributed by atoms with Gasteiger partial charge in [-0.25, -0.2) is 4.98 Å². The van der Waals surface area contributed by atoms with Crippen LogP contribution in [0.2, 0.25) is 0 Å². The topological polar surface area (TPSA) is 37.7 Å². The second kappa shape index (κ2) is 7.91. The molecule has 1 aromatic rings. The van der Waals surface area contributed by atoms with E-state index in [2.05, 4.69) is 9.88 Å². The Morgan fingerprint density at radius 3 is 2.32 bits per heavy atom. The van der Waals surface area contributed by atoms with Gasteiger partial charge in [0.25, 0.3) is 5.82 Å². The monoisotopic (exact) mass is 396 g/mol. The number of carbonyl (C=O) groups excluding carboxylic acids is 1. The summed E-state index contributed by atoms with van der Waals surface area (Å²) in [7, 11) is 0. The Balaban J connectivity index is 1.31. The molecule has 3 aliphatic rings. The van der Waals surface area contributed by atoms with Gasteiger partial charge < -0.3 is 4.90 Å². The normalized spacial score (nSPS) is 26.8. The van der Waals surface area contributed by atoms with Gasteiger partial charge in [-0.15, -0.1) is 0 Å². The van der Waals surface area contributed by atoms with E-state index in [1.54, 1.807) is 0 Å². The first-order valence-electron chi connectivity index (χ1n) is 10.5. The number of anilines is 1. The minimum absolute atomic E-state index is 0.0471. The molecule has 2 atom stereocenters. The summed E-state index contributed by atoms with van der Waals surface area (Å²) < 4.78 is 38.1. The minimum atomic E-state index is -4.33. The lowest BCUT2D eigenvalue weighted by atomic mass is 9.75. The zero-order chi connectivity index (χ0) is 19.7. The predicted molar refractivity (Wildman–Crippen MR) is 99.6 cm³/mol. The van der Waals surface area contributed by atoms with Gasteiger partial charge in [-0.3, -0.25) is 9.69 Å². The Hall–Kier alpha value is -1.79. The molecule has 2 saturated heterocycles. The van der Waals surface area contributed by atoms with Crippen LogP contribution in [0.25, 0.3) is 0 Å². The van der Waals surface area contributed by atoms with Crippen molar-refractivity contribution in [1.29, 1.82) is 0 Å². The standard InChI is InChI=1S/C21H28F3N3O/c22-21(23,24)18-5-6-19(25-13-18)26-10-8-16(9-11-26)20(28)27-12-7-15-3-1-2-4-17(15)14-27/h5-6,13,15-17H,1-4,7-12,14H2/p+1/t15-,17-/m0/s1. The third kappa shape index (κ3) is 4.13. The molecule has 0 radical (unpaired) electrons. The number of piperidine rings is 2. The molecule has 154 valence electrons. The van der Waals surface area contributed by atoms with Crippen LogP contribution in [0, 0.1) is 17.8 Å². The van der Waals surface area contributed by atoms with Crippen molar-refractivity contribution >= 4 is 11.7 Å². The highest BCUT2D eigenvalue weighted by molar-refractivity contribution is 5.79. The third-order valence-electron chi connectivity index (χ3n) is 6.91. The molecule has 2 aliphatic heterocycles. The van der Waals surface area contributed by atoms with E-state index in [-0.39, 0.29) is 5.92 Å². The SMILES string of the molecule is O=C(C1CCN(c2ccc(C(F)(F)F)c[nH+]2)CC1)N1CC[C@@H]2CCCC[C@H]2C1. The van der Waals surface area contributed by atoms with Crippen LogP contribution in [0.5, 0.6) is 0 Å². The molecule has 1 saturated carbocycles. The van der Waals surface area contributed by atoms with Gasteiger partial charge in [0.1, 0.15) is 6.20 Å². The molecule has 3 fully saturated rings. The zero-order valence-electron chi connectivity index (χ0n) is 16.2. The number of rotatable bonds is 2. The summed E-state index contributed by atoms with van der Waals surface area (Å²) in [6.07, 6.45) is 4.58. The molecule has 4 rings (SSSR count). The molecule has 3 heterocycles. The van der Waals surface area contributed by atoms with Crippen molar-refractivity contribution in [1.82, 2.24) is 4.90 Å². The summed E-state index contributed by atoms with van der Waals surface area (Å²) in [6.45, 7) is 3.21. The maximum absolute atomic E-state index is 13.0. The molecule has 1 amide bonds. The van der Waals surface area contributed by atoms with Gasteiger partial charge in [0, 0.05) is 25.1 Å². The predicted octanol–water partition coefficient (Wildman–Crippen LogP) is 3.77. The van der Waals surface area contributed by atoms with E-state index in [9.17, 15) is 18.0 Å². The van der Waals surface area contributed by atoms with Gasteiger partial charge in [0.05, 0.1) is 18.7 Å². The Morgan fingerprint density at radius 1 is 0.964 bits per heavy atom. The third-order valence-corrected chi connectivity index (χ3v) is 6.91. The van der Waals surface area contributed by atoms with Crippen molar-refractivity contribution < 1.29 is 22.9 Å². The van der Waals surface area contributed by atoms with Gasteiger partial charge in [0.2, 0.25) is 5.91 Å². The van der Waals surface area contributed by atoms with E-state index < -0.39 is 11.7 Å². The van der Waals surface area contributed by atoms with Crippen LogP contribution in [0.15, 0.2) is 18.3 Å². The lowest BCUT2D eigenvalue weighted by molar-refractivity contribution is -0.367. The molecular formula is C21H29F3N3O+. The molecule has 0 spiro atoms. The summed E-state index contributed by atoms with van der Waals surface area (Å²) in [4.78, 5) is 19.9. The number of nitrogens with one attached hydrogen (secondary N) is 1.